The maximum atomic E-state index is 9.72. The molecule has 0 bridgehead atoms. The number of aliphatic hydroxyl groups is 1. The first-order chi connectivity index (χ1) is 10.7. The van der Waals surface area contributed by atoms with Gasteiger partial charge in [0.05, 0.1) is 20.3 Å². The average molecular weight is 307 g/mol. The molecule has 0 radical (unpaired) electrons. The minimum Gasteiger partial charge on any atom is -0.493 e. The van der Waals surface area contributed by atoms with Gasteiger partial charge in [-0.1, -0.05) is 38.3 Å². The maximum Gasteiger partial charge on any atom is 0.165 e. The Morgan fingerprint density at radius 1 is 1.27 bits per heavy atom. The molecule has 0 spiro atoms. The van der Waals surface area contributed by atoms with Crippen LogP contribution in [0.1, 0.15) is 51.0 Å². The van der Waals surface area contributed by atoms with Gasteiger partial charge in [-0.15, -0.1) is 0 Å². The van der Waals surface area contributed by atoms with Gasteiger partial charge in [-0.05, 0) is 25.3 Å². The number of unbranched alkanes of at least 4 members (excludes halogenated alkanes) is 1. The van der Waals surface area contributed by atoms with Crippen LogP contribution in [-0.4, -0.2) is 31.0 Å². The van der Waals surface area contributed by atoms with Gasteiger partial charge in [0.25, 0.3) is 0 Å². The number of aliphatic hydroxyl groups excluding tert-OH is 1. The molecule has 0 atom stereocenters. The third-order valence-corrected chi connectivity index (χ3v) is 4.54. The summed E-state index contributed by atoms with van der Waals surface area (Å²) >= 11 is 0. The summed E-state index contributed by atoms with van der Waals surface area (Å²) in [5.41, 5.74) is 0.971. The van der Waals surface area contributed by atoms with Gasteiger partial charge in [0.2, 0.25) is 0 Å². The average Bonchev–Trinajstić information content (AvgIpc) is 3.03. The number of benzene rings is 1. The number of ether oxygens (including phenoxy) is 2. The van der Waals surface area contributed by atoms with E-state index in [0.717, 1.165) is 42.7 Å². The van der Waals surface area contributed by atoms with Crippen LogP contribution in [0.2, 0.25) is 0 Å². The Labute approximate surface area is 133 Å². The van der Waals surface area contributed by atoms with Gasteiger partial charge < -0.3 is 19.9 Å². The van der Waals surface area contributed by atoms with Crippen molar-refractivity contribution in [3.63, 3.8) is 0 Å². The molecule has 2 rings (SSSR count). The van der Waals surface area contributed by atoms with Crippen molar-refractivity contribution in [3.05, 3.63) is 23.8 Å². The third-order valence-electron chi connectivity index (χ3n) is 4.54. The molecule has 1 aromatic carbocycles. The van der Waals surface area contributed by atoms with Crippen LogP contribution >= 0.6 is 0 Å². The highest BCUT2D eigenvalue weighted by atomic mass is 16.5. The van der Waals surface area contributed by atoms with Crippen molar-refractivity contribution in [3.8, 4) is 11.5 Å². The molecule has 1 aliphatic carbocycles. The lowest BCUT2D eigenvalue weighted by molar-refractivity contribution is 0.162. The molecule has 0 unspecified atom stereocenters. The molecule has 1 aromatic rings. The summed E-state index contributed by atoms with van der Waals surface area (Å²) in [5.74, 6) is 1.61. The van der Waals surface area contributed by atoms with E-state index in [-0.39, 0.29) is 12.1 Å². The fraction of sp³-hybridized carbons (Fsp3) is 0.667. The number of nitrogens with one attached hydrogen (secondary N) is 1. The lowest BCUT2D eigenvalue weighted by Crippen LogP contribution is -2.45. The zero-order chi connectivity index (χ0) is 15.8. The SMILES string of the molecule is CCCCOc1c(CNC2(CO)CCCC2)cccc1OC. The van der Waals surface area contributed by atoms with E-state index < -0.39 is 0 Å². The molecule has 1 saturated carbocycles. The van der Waals surface area contributed by atoms with Crippen molar-refractivity contribution in [1.29, 1.82) is 0 Å². The summed E-state index contributed by atoms with van der Waals surface area (Å²) in [6.45, 7) is 3.75. The van der Waals surface area contributed by atoms with Crippen LogP contribution < -0.4 is 14.8 Å². The fourth-order valence-corrected chi connectivity index (χ4v) is 3.07. The van der Waals surface area contributed by atoms with Crippen LogP contribution in [0.5, 0.6) is 11.5 Å². The Morgan fingerprint density at radius 2 is 2.05 bits per heavy atom. The highest BCUT2D eigenvalue weighted by molar-refractivity contribution is 5.46. The summed E-state index contributed by atoms with van der Waals surface area (Å²) in [5, 5.41) is 13.3. The quantitative estimate of drug-likeness (QED) is 0.688. The number of para-hydroxylation sites is 1. The van der Waals surface area contributed by atoms with Gasteiger partial charge in [-0.2, -0.15) is 0 Å². The molecule has 0 amide bonds. The Hall–Kier alpha value is -1.26. The van der Waals surface area contributed by atoms with Crippen LogP contribution in [0.3, 0.4) is 0 Å². The van der Waals surface area contributed by atoms with Gasteiger partial charge in [-0.3, -0.25) is 0 Å². The smallest absolute Gasteiger partial charge is 0.165 e. The summed E-state index contributed by atoms with van der Waals surface area (Å²) in [7, 11) is 1.67. The van der Waals surface area contributed by atoms with Crippen molar-refractivity contribution >= 4 is 0 Å². The predicted molar refractivity (Wildman–Crippen MR) is 88.5 cm³/mol. The van der Waals surface area contributed by atoms with Crippen LogP contribution in [0.4, 0.5) is 0 Å². The molecule has 0 heterocycles. The first-order valence-electron chi connectivity index (χ1n) is 8.39. The molecule has 1 fully saturated rings. The number of hydrogen-bond acceptors (Lipinski definition) is 4. The van der Waals surface area contributed by atoms with Crippen molar-refractivity contribution in [2.75, 3.05) is 20.3 Å². The fourth-order valence-electron chi connectivity index (χ4n) is 3.07. The molecule has 0 saturated heterocycles. The van der Waals surface area contributed by atoms with E-state index in [2.05, 4.69) is 18.3 Å². The molecule has 4 nitrogen and oxygen atoms in total. The molecular weight excluding hydrogens is 278 g/mol. The predicted octanol–water partition coefficient (Wildman–Crippen LogP) is 3.27. The van der Waals surface area contributed by atoms with E-state index in [0.29, 0.717) is 13.2 Å². The second-order valence-electron chi connectivity index (χ2n) is 6.15. The van der Waals surface area contributed by atoms with Crippen LogP contribution in [-0.2, 0) is 6.54 Å². The van der Waals surface area contributed by atoms with Crippen molar-refractivity contribution < 1.29 is 14.6 Å². The van der Waals surface area contributed by atoms with E-state index in [9.17, 15) is 5.11 Å². The molecule has 22 heavy (non-hydrogen) atoms. The standard InChI is InChI=1S/C18H29NO3/c1-3-4-12-22-17-15(8-7-9-16(17)21-2)13-19-18(14-20)10-5-6-11-18/h7-9,19-20H,3-6,10-14H2,1-2H3. The minimum atomic E-state index is -0.121. The van der Waals surface area contributed by atoms with Gasteiger partial charge >= 0.3 is 0 Å². The number of methoxy groups -OCH3 is 1. The Morgan fingerprint density at radius 3 is 2.68 bits per heavy atom. The molecule has 0 aliphatic heterocycles. The van der Waals surface area contributed by atoms with E-state index in [4.69, 9.17) is 9.47 Å². The second kappa shape index (κ2) is 8.39. The maximum absolute atomic E-state index is 9.72. The van der Waals surface area contributed by atoms with E-state index >= 15 is 0 Å². The van der Waals surface area contributed by atoms with Gasteiger partial charge in [0.1, 0.15) is 0 Å². The summed E-state index contributed by atoms with van der Waals surface area (Å²) in [4.78, 5) is 0. The largest absolute Gasteiger partial charge is 0.493 e. The number of hydrogen-bond donors (Lipinski definition) is 2. The zero-order valence-corrected chi connectivity index (χ0v) is 13.9. The first-order valence-corrected chi connectivity index (χ1v) is 8.39. The van der Waals surface area contributed by atoms with Crippen molar-refractivity contribution in [1.82, 2.24) is 5.32 Å². The lowest BCUT2D eigenvalue weighted by atomic mass is 9.98. The second-order valence-corrected chi connectivity index (χ2v) is 6.15. The lowest BCUT2D eigenvalue weighted by Gasteiger charge is -2.28. The van der Waals surface area contributed by atoms with Gasteiger partial charge in [0, 0.05) is 17.6 Å². The minimum absolute atomic E-state index is 0.121. The first kappa shape index (κ1) is 17.1. The van der Waals surface area contributed by atoms with Gasteiger partial charge in [-0.25, -0.2) is 0 Å². The highest BCUT2D eigenvalue weighted by Gasteiger charge is 2.32. The van der Waals surface area contributed by atoms with Crippen LogP contribution in [0.25, 0.3) is 0 Å². The van der Waals surface area contributed by atoms with E-state index in [1.807, 2.05) is 12.1 Å². The van der Waals surface area contributed by atoms with Crippen LogP contribution in [0.15, 0.2) is 18.2 Å². The summed E-state index contributed by atoms with van der Waals surface area (Å²) < 4.78 is 11.4. The monoisotopic (exact) mass is 307 g/mol. The zero-order valence-electron chi connectivity index (χ0n) is 13.9. The third kappa shape index (κ3) is 4.14. The molecule has 2 N–H and O–H groups in total. The Bertz CT molecular complexity index is 456. The molecule has 124 valence electrons. The molecule has 1 aliphatic rings. The van der Waals surface area contributed by atoms with Crippen molar-refractivity contribution in [2.24, 2.45) is 0 Å². The van der Waals surface area contributed by atoms with Crippen LogP contribution in [0, 0.1) is 0 Å². The normalized spacial score (nSPS) is 16.7. The Balaban J connectivity index is 2.08. The van der Waals surface area contributed by atoms with Gasteiger partial charge in [0.15, 0.2) is 11.5 Å². The molecule has 0 aromatic heterocycles. The molecule has 4 heteroatoms. The molecular formula is C18H29NO3. The van der Waals surface area contributed by atoms with Crippen molar-refractivity contribution in [2.45, 2.75) is 57.5 Å². The topological polar surface area (TPSA) is 50.7 Å². The highest BCUT2D eigenvalue weighted by Crippen LogP contribution is 2.33. The van der Waals surface area contributed by atoms with E-state index in [1.54, 1.807) is 7.11 Å². The summed E-state index contributed by atoms with van der Waals surface area (Å²) in [6.07, 6.45) is 6.60. The number of rotatable bonds is 9. The van der Waals surface area contributed by atoms with E-state index in [1.165, 1.54) is 12.8 Å². The Kier molecular flexibility index (Phi) is 6.52. The summed E-state index contributed by atoms with van der Waals surface area (Å²) in [6, 6.07) is 5.99.